The fraction of sp³-hybridized carbons (Fsp3) is 0.308. The van der Waals surface area contributed by atoms with Gasteiger partial charge < -0.3 is 15.2 Å². The van der Waals surface area contributed by atoms with Crippen LogP contribution in [0.15, 0.2) is 29.0 Å². The van der Waals surface area contributed by atoms with Crippen LogP contribution in [-0.4, -0.2) is 22.6 Å². The summed E-state index contributed by atoms with van der Waals surface area (Å²) in [6, 6.07) is 3.75. The van der Waals surface area contributed by atoms with Crippen molar-refractivity contribution in [3.05, 3.63) is 47.1 Å². The van der Waals surface area contributed by atoms with Gasteiger partial charge in [0, 0.05) is 44.0 Å². The summed E-state index contributed by atoms with van der Waals surface area (Å²) < 4.78 is 5.20. The van der Waals surface area contributed by atoms with Crippen molar-refractivity contribution < 1.29 is 9.32 Å². The molecular formula is C13H14N4O2. The highest BCUT2D eigenvalue weighted by atomic mass is 16.5. The number of nitrogens with one attached hydrogen (secondary N) is 2. The fourth-order valence-electron chi connectivity index (χ4n) is 2.08. The molecular weight excluding hydrogens is 244 g/mol. The van der Waals surface area contributed by atoms with Gasteiger partial charge in [-0.15, -0.1) is 0 Å². The number of amides is 1. The van der Waals surface area contributed by atoms with Crippen molar-refractivity contribution in [2.24, 2.45) is 0 Å². The molecule has 0 bridgehead atoms. The molecule has 3 rings (SSSR count). The van der Waals surface area contributed by atoms with Gasteiger partial charge in [0.1, 0.15) is 5.76 Å². The fourth-order valence-corrected chi connectivity index (χ4v) is 2.08. The van der Waals surface area contributed by atoms with E-state index in [1.165, 1.54) is 0 Å². The van der Waals surface area contributed by atoms with E-state index in [2.05, 4.69) is 20.8 Å². The maximum absolute atomic E-state index is 12.1. The molecule has 0 saturated carbocycles. The van der Waals surface area contributed by atoms with E-state index < -0.39 is 0 Å². The Hall–Kier alpha value is -2.21. The number of carbonyl (C=O) groups excluding carboxylic acids is 1. The summed E-state index contributed by atoms with van der Waals surface area (Å²) >= 11 is 0. The lowest BCUT2D eigenvalue weighted by Crippen LogP contribution is -2.28. The van der Waals surface area contributed by atoms with Gasteiger partial charge in [-0.2, -0.15) is 0 Å². The molecule has 3 heterocycles. The Kier molecular flexibility index (Phi) is 3.24. The van der Waals surface area contributed by atoms with Crippen LogP contribution in [0, 0.1) is 0 Å². The average Bonchev–Trinajstić information content (AvgIpc) is 2.90. The molecule has 0 spiro atoms. The molecule has 0 aliphatic carbocycles. The first kappa shape index (κ1) is 11.9. The zero-order valence-corrected chi connectivity index (χ0v) is 10.3. The maximum atomic E-state index is 12.1. The lowest BCUT2D eigenvalue weighted by Gasteiger charge is -2.11. The topological polar surface area (TPSA) is 80.1 Å². The van der Waals surface area contributed by atoms with Crippen molar-refractivity contribution >= 4 is 5.91 Å². The van der Waals surface area contributed by atoms with Crippen LogP contribution in [0.2, 0.25) is 0 Å². The van der Waals surface area contributed by atoms with E-state index in [9.17, 15) is 4.79 Å². The summed E-state index contributed by atoms with van der Waals surface area (Å²) in [5.74, 6) is 0.600. The Morgan fingerprint density at radius 1 is 1.53 bits per heavy atom. The minimum absolute atomic E-state index is 0.211. The lowest BCUT2D eigenvalue weighted by molar-refractivity contribution is 0.0941. The number of pyridine rings is 1. The third-order valence-corrected chi connectivity index (χ3v) is 3.09. The summed E-state index contributed by atoms with van der Waals surface area (Å²) in [4.78, 5) is 16.1. The highest BCUT2D eigenvalue weighted by molar-refractivity contribution is 5.93. The Morgan fingerprint density at radius 2 is 2.47 bits per heavy atom. The molecule has 19 heavy (non-hydrogen) atoms. The van der Waals surface area contributed by atoms with Crippen molar-refractivity contribution in [2.45, 2.75) is 19.5 Å². The number of aromatic nitrogens is 2. The van der Waals surface area contributed by atoms with E-state index >= 15 is 0 Å². The molecule has 1 aliphatic heterocycles. The first-order chi connectivity index (χ1) is 9.34. The first-order valence-corrected chi connectivity index (χ1v) is 6.20. The minimum atomic E-state index is -0.211. The molecule has 0 aromatic carbocycles. The first-order valence-electron chi connectivity index (χ1n) is 6.20. The van der Waals surface area contributed by atoms with Crippen LogP contribution in [0.3, 0.4) is 0 Å². The monoisotopic (exact) mass is 258 g/mol. The molecule has 0 saturated heterocycles. The van der Waals surface area contributed by atoms with Gasteiger partial charge in [0.2, 0.25) is 0 Å². The average molecular weight is 258 g/mol. The predicted octanol–water partition coefficient (Wildman–Crippen LogP) is 0.645. The molecule has 2 N–H and O–H groups in total. The van der Waals surface area contributed by atoms with Gasteiger partial charge in [0.15, 0.2) is 5.69 Å². The van der Waals surface area contributed by atoms with Gasteiger partial charge in [-0.25, -0.2) is 0 Å². The van der Waals surface area contributed by atoms with Crippen molar-refractivity contribution in [3.8, 4) is 0 Å². The maximum Gasteiger partial charge on any atom is 0.274 e. The summed E-state index contributed by atoms with van der Waals surface area (Å²) in [5.41, 5.74) is 2.20. The van der Waals surface area contributed by atoms with Gasteiger partial charge in [0.05, 0.1) is 0 Å². The Morgan fingerprint density at radius 3 is 3.32 bits per heavy atom. The Labute approximate surface area is 110 Å². The van der Waals surface area contributed by atoms with Crippen molar-refractivity contribution in [2.75, 3.05) is 6.54 Å². The molecule has 0 unspecified atom stereocenters. The van der Waals surface area contributed by atoms with E-state index in [0.717, 1.165) is 29.9 Å². The Bertz CT molecular complexity index is 580. The number of hydrogen-bond acceptors (Lipinski definition) is 5. The van der Waals surface area contributed by atoms with Gasteiger partial charge in [-0.1, -0.05) is 11.2 Å². The van der Waals surface area contributed by atoms with Crippen LogP contribution in [0.5, 0.6) is 0 Å². The molecule has 0 fully saturated rings. The molecule has 6 heteroatoms. The van der Waals surface area contributed by atoms with E-state index in [1.807, 2.05) is 12.1 Å². The predicted molar refractivity (Wildman–Crippen MR) is 67.3 cm³/mol. The van der Waals surface area contributed by atoms with Gasteiger partial charge in [0.25, 0.3) is 5.91 Å². The smallest absolute Gasteiger partial charge is 0.274 e. The molecule has 0 radical (unpaired) electrons. The number of carbonyl (C=O) groups is 1. The SMILES string of the molecule is O=C(NCc1cccnc1)c1noc2c1CNCC2. The van der Waals surface area contributed by atoms with Crippen molar-refractivity contribution in [1.82, 2.24) is 20.8 Å². The van der Waals surface area contributed by atoms with E-state index in [0.29, 0.717) is 18.8 Å². The molecule has 2 aromatic rings. The summed E-state index contributed by atoms with van der Waals surface area (Å²) in [5, 5.41) is 9.90. The number of rotatable bonds is 3. The number of nitrogens with zero attached hydrogens (tertiary/aromatic N) is 2. The van der Waals surface area contributed by atoms with Crippen molar-refractivity contribution in [1.29, 1.82) is 0 Å². The molecule has 6 nitrogen and oxygen atoms in total. The van der Waals surface area contributed by atoms with Crippen LogP contribution in [-0.2, 0) is 19.5 Å². The number of hydrogen-bond donors (Lipinski definition) is 2. The highest BCUT2D eigenvalue weighted by Crippen LogP contribution is 2.17. The zero-order valence-electron chi connectivity index (χ0n) is 10.3. The number of fused-ring (bicyclic) bond motifs is 1. The third kappa shape index (κ3) is 2.48. The van der Waals surface area contributed by atoms with Gasteiger partial charge >= 0.3 is 0 Å². The van der Waals surface area contributed by atoms with Crippen molar-refractivity contribution in [3.63, 3.8) is 0 Å². The molecule has 98 valence electrons. The minimum Gasteiger partial charge on any atom is -0.360 e. The summed E-state index contributed by atoms with van der Waals surface area (Å²) in [6.45, 7) is 1.93. The second-order valence-corrected chi connectivity index (χ2v) is 4.40. The molecule has 1 amide bonds. The van der Waals surface area contributed by atoms with E-state index in [4.69, 9.17) is 4.52 Å². The van der Waals surface area contributed by atoms with Gasteiger partial charge in [-0.3, -0.25) is 9.78 Å². The second kappa shape index (κ2) is 5.19. The zero-order chi connectivity index (χ0) is 13.1. The van der Waals surface area contributed by atoms with Crippen LogP contribution >= 0.6 is 0 Å². The van der Waals surface area contributed by atoms with E-state index in [-0.39, 0.29) is 5.91 Å². The highest BCUT2D eigenvalue weighted by Gasteiger charge is 2.23. The molecule has 1 aliphatic rings. The second-order valence-electron chi connectivity index (χ2n) is 4.40. The van der Waals surface area contributed by atoms with E-state index in [1.54, 1.807) is 12.4 Å². The summed E-state index contributed by atoms with van der Waals surface area (Å²) in [7, 11) is 0. The standard InChI is InChI=1S/C13H14N4O2/c18-13(16-7-9-2-1-4-14-6-9)12-10-8-15-5-3-11(10)19-17-12/h1-2,4,6,15H,3,5,7-8H2,(H,16,18). The van der Waals surface area contributed by atoms with Crippen LogP contribution < -0.4 is 10.6 Å². The molecule has 0 atom stereocenters. The van der Waals surface area contributed by atoms with Crippen LogP contribution in [0.25, 0.3) is 0 Å². The van der Waals surface area contributed by atoms with Crippen LogP contribution in [0.1, 0.15) is 27.4 Å². The van der Waals surface area contributed by atoms with Crippen LogP contribution in [0.4, 0.5) is 0 Å². The Balaban J connectivity index is 1.69. The normalized spacial score (nSPS) is 13.9. The quantitative estimate of drug-likeness (QED) is 0.844. The molecule has 2 aromatic heterocycles. The van der Waals surface area contributed by atoms with Gasteiger partial charge in [-0.05, 0) is 11.6 Å². The largest absolute Gasteiger partial charge is 0.360 e. The summed E-state index contributed by atoms with van der Waals surface area (Å²) in [6.07, 6.45) is 4.20. The third-order valence-electron chi connectivity index (χ3n) is 3.09. The lowest BCUT2D eigenvalue weighted by atomic mass is 10.1.